The molecule has 0 fully saturated rings. The number of benzene rings is 2. The highest BCUT2D eigenvalue weighted by Crippen LogP contribution is 2.27. The van der Waals surface area contributed by atoms with Gasteiger partial charge in [-0.25, -0.2) is 10.2 Å². The molecule has 0 heterocycles. The molecule has 0 bridgehead atoms. The summed E-state index contributed by atoms with van der Waals surface area (Å²) in [4.78, 5) is 11.1. The molecule has 0 saturated carbocycles. The second-order valence-corrected chi connectivity index (χ2v) is 5.54. The molecule has 1 aliphatic rings. The summed E-state index contributed by atoms with van der Waals surface area (Å²) in [6.07, 6.45) is 3.87. The number of ether oxygens (including phenoxy) is 1. The molecule has 24 heavy (non-hydrogen) atoms. The number of nitrogens with zero attached hydrogens (tertiary/aromatic N) is 1. The van der Waals surface area contributed by atoms with Gasteiger partial charge in [0.25, 0.3) is 0 Å². The summed E-state index contributed by atoms with van der Waals surface area (Å²) in [6.45, 7) is 0. The minimum absolute atomic E-state index is 0.672. The zero-order valence-electron chi connectivity index (χ0n) is 13.5. The Balaban J connectivity index is 2.00. The lowest BCUT2D eigenvalue weighted by Crippen LogP contribution is -2.27. The highest BCUT2D eigenvalue weighted by Gasteiger charge is 2.20. The van der Waals surface area contributed by atoms with Crippen LogP contribution in [-0.2, 0) is 6.42 Å². The monoisotopic (exact) mass is 321 g/mol. The van der Waals surface area contributed by atoms with Crippen molar-refractivity contribution in [3.63, 3.8) is 0 Å². The van der Waals surface area contributed by atoms with Gasteiger partial charge in [0.2, 0.25) is 0 Å². The van der Waals surface area contributed by atoms with Crippen molar-refractivity contribution in [3.05, 3.63) is 70.8 Å². The van der Waals surface area contributed by atoms with Gasteiger partial charge in [-0.15, -0.1) is 0 Å². The van der Waals surface area contributed by atoms with Gasteiger partial charge in [-0.2, -0.15) is 5.10 Å². The van der Waals surface area contributed by atoms with Crippen molar-refractivity contribution in [1.29, 1.82) is 0 Å². The van der Waals surface area contributed by atoms with Crippen LogP contribution < -0.4 is 15.9 Å². The molecule has 1 aliphatic carbocycles. The number of urea groups is 1. The van der Waals surface area contributed by atoms with Gasteiger partial charge in [-0.05, 0) is 47.8 Å². The van der Waals surface area contributed by atoms with E-state index < -0.39 is 6.03 Å². The van der Waals surface area contributed by atoms with E-state index in [1.807, 2.05) is 42.5 Å². The van der Waals surface area contributed by atoms with Gasteiger partial charge in [0.1, 0.15) is 5.75 Å². The van der Waals surface area contributed by atoms with E-state index in [0.29, 0.717) is 0 Å². The van der Waals surface area contributed by atoms with Crippen LogP contribution in [0.2, 0.25) is 0 Å². The first kappa shape index (κ1) is 15.8. The third kappa shape index (κ3) is 3.46. The van der Waals surface area contributed by atoms with Crippen LogP contribution in [-0.4, -0.2) is 18.9 Å². The highest BCUT2D eigenvalue weighted by molar-refractivity contribution is 6.16. The second kappa shape index (κ2) is 7.00. The first-order chi connectivity index (χ1) is 11.7. The maximum atomic E-state index is 11.1. The Labute approximate surface area is 140 Å². The van der Waals surface area contributed by atoms with Crippen molar-refractivity contribution < 1.29 is 9.53 Å². The van der Waals surface area contributed by atoms with Gasteiger partial charge in [-0.1, -0.05) is 36.4 Å². The fourth-order valence-electron chi connectivity index (χ4n) is 2.81. The van der Waals surface area contributed by atoms with Gasteiger partial charge in [0.05, 0.1) is 12.8 Å². The van der Waals surface area contributed by atoms with E-state index in [2.05, 4.69) is 22.7 Å². The molecule has 0 aliphatic heterocycles. The number of hydrogen-bond acceptors (Lipinski definition) is 3. The fourth-order valence-corrected chi connectivity index (χ4v) is 2.81. The Hall–Kier alpha value is -3.08. The van der Waals surface area contributed by atoms with Crippen molar-refractivity contribution in [2.45, 2.75) is 12.8 Å². The smallest absolute Gasteiger partial charge is 0.332 e. The predicted molar refractivity (Wildman–Crippen MR) is 95.0 cm³/mol. The average molecular weight is 321 g/mol. The second-order valence-electron chi connectivity index (χ2n) is 5.54. The van der Waals surface area contributed by atoms with Gasteiger partial charge in [-0.3, -0.25) is 0 Å². The normalized spacial score (nSPS) is 16.7. The average Bonchev–Trinajstić information content (AvgIpc) is 2.61. The molecule has 2 aromatic rings. The van der Waals surface area contributed by atoms with Crippen molar-refractivity contribution >= 4 is 17.8 Å². The van der Waals surface area contributed by atoms with E-state index in [-0.39, 0.29) is 0 Å². The number of aryl methyl sites for hydroxylation is 1. The number of carbonyl (C=O) groups is 1. The summed E-state index contributed by atoms with van der Waals surface area (Å²) in [7, 11) is 1.64. The Kier molecular flexibility index (Phi) is 4.61. The number of amides is 2. The molecule has 3 rings (SSSR count). The van der Waals surface area contributed by atoms with E-state index >= 15 is 0 Å². The van der Waals surface area contributed by atoms with Crippen LogP contribution in [0.1, 0.15) is 23.1 Å². The highest BCUT2D eigenvalue weighted by atomic mass is 16.5. The topological polar surface area (TPSA) is 76.7 Å². The van der Waals surface area contributed by atoms with Crippen molar-refractivity contribution in [2.24, 2.45) is 10.8 Å². The van der Waals surface area contributed by atoms with Crippen LogP contribution in [0.15, 0.2) is 59.2 Å². The third-order valence-electron chi connectivity index (χ3n) is 3.97. The van der Waals surface area contributed by atoms with Gasteiger partial charge in [0.15, 0.2) is 0 Å². The summed E-state index contributed by atoms with van der Waals surface area (Å²) in [5.41, 5.74) is 12.6. The predicted octanol–water partition coefficient (Wildman–Crippen LogP) is 3.10. The number of carbonyl (C=O) groups excluding carboxylic acids is 1. The number of hydrogen-bond donors (Lipinski definition) is 2. The van der Waals surface area contributed by atoms with Crippen molar-refractivity contribution in [1.82, 2.24) is 5.43 Å². The molecule has 0 unspecified atom stereocenters. The molecule has 0 atom stereocenters. The largest absolute Gasteiger partial charge is 0.497 e. The van der Waals surface area contributed by atoms with Crippen LogP contribution in [0.4, 0.5) is 4.79 Å². The number of nitrogens with one attached hydrogen (secondary N) is 1. The first-order valence-corrected chi connectivity index (χ1v) is 7.74. The molecule has 5 heteroatoms. The number of rotatable bonds is 3. The molecule has 0 radical (unpaired) electrons. The van der Waals surface area contributed by atoms with Crippen LogP contribution in [0.25, 0.3) is 6.08 Å². The van der Waals surface area contributed by atoms with Crippen LogP contribution in [0, 0.1) is 0 Å². The molecular weight excluding hydrogens is 302 g/mol. The van der Waals surface area contributed by atoms with Gasteiger partial charge < -0.3 is 10.5 Å². The lowest BCUT2D eigenvalue weighted by Gasteiger charge is -2.21. The van der Waals surface area contributed by atoms with E-state index in [0.717, 1.165) is 41.0 Å². The molecule has 3 N–H and O–H groups in total. The summed E-state index contributed by atoms with van der Waals surface area (Å²) in [5, 5.41) is 4.23. The Morgan fingerprint density at radius 1 is 1.17 bits per heavy atom. The quantitative estimate of drug-likeness (QED) is 0.852. The number of methoxy groups -OCH3 is 1. The van der Waals surface area contributed by atoms with Crippen LogP contribution in [0.5, 0.6) is 5.75 Å². The molecule has 2 aromatic carbocycles. The van der Waals surface area contributed by atoms with Gasteiger partial charge in [0, 0.05) is 5.56 Å². The molecule has 5 nitrogen and oxygen atoms in total. The number of allylic oxidation sites excluding steroid dienone is 1. The van der Waals surface area contributed by atoms with E-state index in [4.69, 9.17) is 10.5 Å². The summed E-state index contributed by atoms with van der Waals surface area (Å²) in [6, 6.07) is 15.2. The molecule has 0 aromatic heterocycles. The van der Waals surface area contributed by atoms with E-state index in [1.54, 1.807) is 7.11 Å². The van der Waals surface area contributed by atoms with E-state index in [9.17, 15) is 4.79 Å². The first-order valence-electron chi connectivity index (χ1n) is 7.74. The molecule has 2 amide bonds. The zero-order valence-corrected chi connectivity index (χ0v) is 13.5. The Morgan fingerprint density at radius 3 is 2.62 bits per heavy atom. The lowest BCUT2D eigenvalue weighted by molar-refractivity contribution is 0.249. The summed E-state index contributed by atoms with van der Waals surface area (Å²) in [5.74, 6) is 0.815. The maximum absolute atomic E-state index is 11.1. The Morgan fingerprint density at radius 2 is 1.92 bits per heavy atom. The number of nitrogens with two attached hydrogens (primary N) is 1. The summed E-state index contributed by atoms with van der Waals surface area (Å²) < 4.78 is 5.19. The van der Waals surface area contributed by atoms with Crippen molar-refractivity contribution in [3.8, 4) is 5.75 Å². The van der Waals surface area contributed by atoms with Crippen molar-refractivity contribution in [2.75, 3.05) is 7.11 Å². The number of fused-ring (bicyclic) bond motifs is 1. The third-order valence-corrected chi connectivity index (χ3v) is 3.97. The number of hydrazone groups is 1. The minimum atomic E-state index is -0.672. The summed E-state index contributed by atoms with van der Waals surface area (Å²) >= 11 is 0. The molecule has 0 saturated heterocycles. The number of primary amides is 1. The maximum Gasteiger partial charge on any atom is 0.332 e. The lowest BCUT2D eigenvalue weighted by atomic mass is 9.85. The van der Waals surface area contributed by atoms with Gasteiger partial charge >= 0.3 is 6.03 Å². The Bertz CT molecular complexity index is 808. The van der Waals surface area contributed by atoms with Crippen LogP contribution in [0.3, 0.4) is 0 Å². The SMILES string of the molecule is COc1ccc(/C=C2\CCc3ccccc3\C2=N\NC(N)=O)cc1. The standard InChI is InChI=1S/C19H19N3O2/c1-24-16-10-6-13(7-11-16)12-15-9-8-14-4-2-3-5-17(14)18(15)21-22-19(20)23/h2-7,10-12H,8-9H2,1H3,(H3,20,22,23)/b15-12+,21-18+. The van der Waals surface area contributed by atoms with Crippen LogP contribution >= 0.6 is 0 Å². The molecular formula is C19H19N3O2. The minimum Gasteiger partial charge on any atom is -0.497 e. The molecule has 0 spiro atoms. The van der Waals surface area contributed by atoms with E-state index in [1.165, 1.54) is 5.56 Å². The zero-order chi connectivity index (χ0) is 16.9. The fraction of sp³-hybridized carbons (Fsp3) is 0.158. The molecule has 122 valence electrons.